The van der Waals surface area contributed by atoms with Gasteiger partial charge in [0.15, 0.2) is 0 Å². The van der Waals surface area contributed by atoms with Crippen LogP contribution in [-0.4, -0.2) is 11.1 Å². The summed E-state index contributed by atoms with van der Waals surface area (Å²) in [6.45, 7) is 9.43. The summed E-state index contributed by atoms with van der Waals surface area (Å²) in [5, 5.41) is 11.1. The van der Waals surface area contributed by atoms with Crippen LogP contribution in [0.4, 0.5) is 0 Å². The third-order valence-electron chi connectivity index (χ3n) is 7.40. The Kier molecular flexibility index (Phi) is 5.49. The zero-order chi connectivity index (χ0) is 24.1. The molecule has 2 nitrogen and oxygen atoms in total. The van der Waals surface area contributed by atoms with Gasteiger partial charge in [0, 0.05) is 10.3 Å². The molecule has 3 aromatic carbocycles. The molecule has 0 fully saturated rings. The molecule has 0 radical (unpaired) electrons. The van der Waals surface area contributed by atoms with Gasteiger partial charge < -0.3 is 5.11 Å². The smallest absolute Gasteiger partial charge is 0.336 e. The normalized spacial score (nSPS) is 16.1. The van der Waals surface area contributed by atoms with Gasteiger partial charge in [-0.15, -0.1) is 11.3 Å². The van der Waals surface area contributed by atoms with Crippen molar-refractivity contribution in [2.24, 2.45) is 0 Å². The van der Waals surface area contributed by atoms with Crippen LogP contribution in [-0.2, 0) is 10.8 Å². The Morgan fingerprint density at radius 2 is 1.41 bits per heavy atom. The molecule has 1 heterocycles. The van der Waals surface area contributed by atoms with E-state index in [9.17, 15) is 9.90 Å². The Bertz CT molecular complexity index is 1380. The van der Waals surface area contributed by atoms with Gasteiger partial charge >= 0.3 is 5.97 Å². The number of rotatable bonds is 4. The molecule has 0 spiro atoms. The molecule has 1 aromatic heterocycles. The molecule has 0 saturated heterocycles. The lowest BCUT2D eigenvalue weighted by Crippen LogP contribution is -2.33. The lowest BCUT2D eigenvalue weighted by molar-refractivity contribution is 0.0697. The first-order valence-electron chi connectivity index (χ1n) is 11.8. The van der Waals surface area contributed by atoms with Gasteiger partial charge in [0.05, 0.1) is 5.56 Å². The Morgan fingerprint density at radius 3 is 2.09 bits per heavy atom. The summed E-state index contributed by atoms with van der Waals surface area (Å²) in [6, 6.07) is 25.8. The van der Waals surface area contributed by atoms with Crippen molar-refractivity contribution in [3.63, 3.8) is 0 Å². The zero-order valence-electron chi connectivity index (χ0n) is 20.2. The van der Waals surface area contributed by atoms with Crippen LogP contribution >= 0.6 is 11.3 Å². The topological polar surface area (TPSA) is 37.3 Å². The molecular formula is C31H30O2S. The van der Waals surface area contributed by atoms with Gasteiger partial charge in [0.1, 0.15) is 0 Å². The largest absolute Gasteiger partial charge is 0.478 e. The van der Waals surface area contributed by atoms with Crippen molar-refractivity contribution in [2.45, 2.75) is 51.4 Å². The lowest BCUT2D eigenvalue weighted by Gasteiger charge is -2.42. The molecule has 5 rings (SSSR count). The second-order valence-corrected chi connectivity index (χ2v) is 11.6. The van der Waals surface area contributed by atoms with Crippen molar-refractivity contribution in [2.75, 3.05) is 0 Å². The summed E-state index contributed by atoms with van der Waals surface area (Å²) >= 11 is 1.48. The van der Waals surface area contributed by atoms with Crippen molar-refractivity contribution in [3.05, 3.63) is 94.9 Å². The fourth-order valence-electron chi connectivity index (χ4n) is 5.16. The minimum Gasteiger partial charge on any atom is -0.478 e. The molecule has 172 valence electrons. The summed E-state index contributed by atoms with van der Waals surface area (Å²) in [5.41, 5.74) is 9.34. The first-order valence-corrected chi connectivity index (χ1v) is 12.7. The second-order valence-electron chi connectivity index (χ2n) is 10.7. The standard InChI is InChI=1S/C31H30O2S/c1-30(2)14-15-31(3,4)27-17-21(11-13-26(27)30)25-16-22(28-18-23(19-34-28)29(32)33)10-12-24(25)20-8-6-5-7-9-20/h5-13,16-19H,14-15H2,1-4H3,(H,32,33). The summed E-state index contributed by atoms with van der Waals surface area (Å²) < 4.78 is 0. The maximum Gasteiger partial charge on any atom is 0.336 e. The van der Waals surface area contributed by atoms with Gasteiger partial charge in [-0.3, -0.25) is 0 Å². The highest BCUT2D eigenvalue weighted by Crippen LogP contribution is 2.47. The number of hydrogen-bond donors (Lipinski definition) is 1. The average molecular weight is 467 g/mol. The molecule has 0 saturated carbocycles. The molecule has 1 aliphatic rings. The molecule has 3 heteroatoms. The van der Waals surface area contributed by atoms with E-state index in [-0.39, 0.29) is 10.8 Å². The van der Waals surface area contributed by atoms with Crippen LogP contribution in [0.2, 0.25) is 0 Å². The van der Waals surface area contributed by atoms with Crippen molar-refractivity contribution in [3.8, 4) is 32.7 Å². The summed E-state index contributed by atoms with van der Waals surface area (Å²) in [5.74, 6) is -0.886. The number of carbonyl (C=O) groups is 1. The van der Waals surface area contributed by atoms with Crippen LogP contribution in [0.25, 0.3) is 32.7 Å². The van der Waals surface area contributed by atoms with Crippen LogP contribution in [0.1, 0.15) is 62.0 Å². The highest BCUT2D eigenvalue weighted by atomic mass is 32.1. The minimum absolute atomic E-state index is 0.134. The SMILES string of the molecule is CC1(C)CCC(C)(C)c2cc(-c3cc(-c4cc(C(=O)O)cs4)ccc3-c3ccccc3)ccc21. The molecule has 1 aliphatic carbocycles. The predicted octanol–water partition coefficient (Wildman–Crippen LogP) is 8.80. The van der Waals surface area contributed by atoms with Crippen molar-refractivity contribution in [1.29, 1.82) is 0 Å². The van der Waals surface area contributed by atoms with Gasteiger partial charge in [-0.2, -0.15) is 0 Å². The number of benzene rings is 3. The monoisotopic (exact) mass is 466 g/mol. The van der Waals surface area contributed by atoms with E-state index in [1.165, 1.54) is 57.6 Å². The van der Waals surface area contributed by atoms with Gasteiger partial charge in [-0.25, -0.2) is 4.79 Å². The first kappa shape index (κ1) is 22.6. The Morgan fingerprint density at radius 1 is 0.735 bits per heavy atom. The van der Waals surface area contributed by atoms with Crippen molar-refractivity contribution in [1.82, 2.24) is 0 Å². The quantitative estimate of drug-likeness (QED) is 0.326. The van der Waals surface area contributed by atoms with E-state index in [0.29, 0.717) is 5.56 Å². The van der Waals surface area contributed by atoms with Crippen molar-refractivity contribution >= 4 is 17.3 Å². The Labute approximate surface area is 205 Å². The summed E-state index contributed by atoms with van der Waals surface area (Å²) in [7, 11) is 0. The van der Waals surface area contributed by atoms with E-state index in [2.05, 4.69) is 88.4 Å². The predicted molar refractivity (Wildman–Crippen MR) is 143 cm³/mol. The third-order valence-corrected chi connectivity index (χ3v) is 8.38. The molecule has 1 N–H and O–H groups in total. The Hall–Kier alpha value is -3.17. The van der Waals surface area contributed by atoms with Gasteiger partial charge in [-0.05, 0) is 74.7 Å². The van der Waals surface area contributed by atoms with Gasteiger partial charge in [0.2, 0.25) is 0 Å². The van der Waals surface area contributed by atoms with Crippen LogP contribution in [0.3, 0.4) is 0 Å². The third kappa shape index (κ3) is 3.99. The zero-order valence-corrected chi connectivity index (χ0v) is 21.0. The van der Waals surface area contributed by atoms with E-state index in [0.717, 1.165) is 10.4 Å². The maximum absolute atomic E-state index is 11.4. The van der Waals surface area contributed by atoms with Crippen LogP contribution in [0, 0.1) is 0 Å². The number of carboxylic acid groups (broad SMARTS) is 1. The van der Waals surface area contributed by atoms with E-state index >= 15 is 0 Å². The van der Waals surface area contributed by atoms with E-state index in [1.807, 2.05) is 6.07 Å². The first-order chi connectivity index (χ1) is 16.2. The molecule has 0 amide bonds. The second kappa shape index (κ2) is 8.25. The molecule has 0 atom stereocenters. The van der Waals surface area contributed by atoms with E-state index in [4.69, 9.17) is 0 Å². The maximum atomic E-state index is 11.4. The number of aromatic carboxylic acids is 1. The average Bonchev–Trinajstić information content (AvgIpc) is 3.33. The van der Waals surface area contributed by atoms with Gasteiger partial charge in [0.25, 0.3) is 0 Å². The molecule has 0 aliphatic heterocycles. The summed E-state index contributed by atoms with van der Waals surface area (Å²) in [6.07, 6.45) is 2.37. The van der Waals surface area contributed by atoms with Crippen LogP contribution in [0.5, 0.6) is 0 Å². The highest BCUT2D eigenvalue weighted by Gasteiger charge is 2.37. The van der Waals surface area contributed by atoms with E-state index < -0.39 is 5.97 Å². The molecule has 0 unspecified atom stereocenters. The fraction of sp³-hybridized carbons (Fsp3) is 0.258. The van der Waals surface area contributed by atoms with Crippen LogP contribution < -0.4 is 0 Å². The number of thiophene rings is 1. The summed E-state index contributed by atoms with van der Waals surface area (Å²) in [4.78, 5) is 12.4. The lowest BCUT2D eigenvalue weighted by atomic mass is 9.63. The highest BCUT2D eigenvalue weighted by molar-refractivity contribution is 7.13. The molecular weight excluding hydrogens is 436 g/mol. The number of carboxylic acids is 1. The van der Waals surface area contributed by atoms with E-state index in [1.54, 1.807) is 11.4 Å². The molecule has 4 aromatic rings. The number of hydrogen-bond acceptors (Lipinski definition) is 2. The van der Waals surface area contributed by atoms with Gasteiger partial charge in [-0.1, -0.05) is 88.4 Å². The molecule has 0 bridgehead atoms. The Balaban J connectivity index is 1.71. The van der Waals surface area contributed by atoms with Crippen molar-refractivity contribution < 1.29 is 9.90 Å². The molecule has 34 heavy (non-hydrogen) atoms. The van der Waals surface area contributed by atoms with Crippen LogP contribution in [0.15, 0.2) is 78.2 Å². The number of fused-ring (bicyclic) bond motifs is 1. The minimum atomic E-state index is -0.886. The fourth-order valence-corrected chi connectivity index (χ4v) is 6.04.